The molecule has 0 atom stereocenters. The lowest BCUT2D eigenvalue weighted by Gasteiger charge is -2.57. The highest BCUT2D eigenvalue weighted by Crippen LogP contribution is 2.60. The molecular weight excluding hydrogens is 420 g/mol. The zero-order valence-electron chi connectivity index (χ0n) is 19.2. The Hall–Kier alpha value is -1.82. The lowest BCUT2D eigenvalue weighted by molar-refractivity contribution is -0.119. The van der Waals surface area contributed by atoms with Gasteiger partial charge in [-0.25, -0.2) is 8.42 Å². The molecule has 0 heterocycles. The fourth-order valence-electron chi connectivity index (χ4n) is 7.31. The van der Waals surface area contributed by atoms with Gasteiger partial charge in [-0.2, -0.15) is 0 Å². The van der Waals surface area contributed by atoms with Gasteiger partial charge in [0.1, 0.15) is 6.54 Å². The van der Waals surface area contributed by atoms with E-state index in [0.717, 1.165) is 37.0 Å². The van der Waals surface area contributed by atoms with Crippen LogP contribution in [0.2, 0.25) is 0 Å². The fraction of sp³-hybridized carbons (Fsp3) is 0.654. The first-order valence-electron chi connectivity index (χ1n) is 12.3. The van der Waals surface area contributed by atoms with Gasteiger partial charge in [0.25, 0.3) is 0 Å². The highest BCUT2D eigenvalue weighted by Gasteiger charge is 2.51. The van der Waals surface area contributed by atoms with Crippen molar-refractivity contribution in [1.82, 2.24) is 5.32 Å². The maximum absolute atomic E-state index is 12.6. The third-order valence-electron chi connectivity index (χ3n) is 8.39. The Morgan fingerprint density at radius 2 is 1.66 bits per heavy atom. The predicted octanol–water partition coefficient (Wildman–Crippen LogP) is 4.54. The fourth-order valence-corrected chi connectivity index (χ4v) is 8.17. The first kappa shape index (κ1) is 22.0. The number of anilines is 1. The Bertz CT molecular complexity index is 961. The van der Waals surface area contributed by atoms with Crippen molar-refractivity contribution < 1.29 is 13.2 Å². The molecule has 174 valence electrons. The number of rotatable bonds is 7. The van der Waals surface area contributed by atoms with E-state index in [4.69, 9.17) is 0 Å². The Morgan fingerprint density at radius 1 is 1.03 bits per heavy atom. The van der Waals surface area contributed by atoms with Gasteiger partial charge in [0.2, 0.25) is 15.9 Å². The second-order valence-electron chi connectivity index (χ2n) is 10.9. The van der Waals surface area contributed by atoms with E-state index in [2.05, 4.69) is 23.5 Å². The van der Waals surface area contributed by atoms with Crippen LogP contribution in [-0.4, -0.2) is 33.7 Å². The van der Waals surface area contributed by atoms with E-state index in [0.29, 0.717) is 12.2 Å². The summed E-state index contributed by atoms with van der Waals surface area (Å²) in [4.78, 5) is 12.6. The molecule has 4 saturated carbocycles. The van der Waals surface area contributed by atoms with Crippen molar-refractivity contribution in [2.24, 2.45) is 17.8 Å². The second-order valence-corrected chi connectivity index (χ2v) is 12.8. The topological polar surface area (TPSA) is 66.5 Å². The molecule has 0 spiro atoms. The summed E-state index contributed by atoms with van der Waals surface area (Å²) in [6, 6.07) is 8.08. The number of nitrogens with one attached hydrogen (secondary N) is 1. The zero-order valence-corrected chi connectivity index (χ0v) is 20.0. The second kappa shape index (κ2) is 8.51. The van der Waals surface area contributed by atoms with Crippen molar-refractivity contribution in [2.75, 3.05) is 23.7 Å². The van der Waals surface area contributed by atoms with Crippen LogP contribution in [0.1, 0.15) is 69.8 Å². The molecule has 6 rings (SSSR count). The number of sulfonamides is 1. The number of allylic oxidation sites excluding steroid dienone is 1. The van der Waals surface area contributed by atoms with Gasteiger partial charge in [0.05, 0.1) is 11.9 Å². The molecule has 5 aliphatic rings. The van der Waals surface area contributed by atoms with E-state index in [1.807, 2.05) is 12.1 Å². The van der Waals surface area contributed by atoms with E-state index in [1.54, 1.807) is 0 Å². The van der Waals surface area contributed by atoms with Gasteiger partial charge in [0, 0.05) is 6.54 Å². The molecule has 1 N–H and O–H groups in total. The molecule has 0 aromatic heterocycles. The highest BCUT2D eigenvalue weighted by atomic mass is 32.2. The molecule has 0 radical (unpaired) electrons. The molecule has 1 aromatic carbocycles. The quantitative estimate of drug-likeness (QED) is 0.613. The molecule has 4 bridgehead atoms. The molecule has 0 aliphatic heterocycles. The van der Waals surface area contributed by atoms with Crippen LogP contribution < -0.4 is 9.62 Å². The molecule has 5 aliphatic carbocycles. The van der Waals surface area contributed by atoms with Crippen LogP contribution >= 0.6 is 0 Å². The standard InChI is InChI=1S/C26H36N2O3S/c1-32(30,31)28(18-25(29)27-17-19-5-3-2-4-6-19)24-9-7-23(8-10-24)26-14-20-11-21(15-26)13-22(12-20)16-26/h5,7-10,20-22H,2-4,6,11-18H2,1H3,(H,27,29). The summed E-state index contributed by atoms with van der Waals surface area (Å²) in [5, 5.41) is 2.91. The Morgan fingerprint density at radius 3 is 2.19 bits per heavy atom. The summed E-state index contributed by atoms with van der Waals surface area (Å²) in [7, 11) is -3.56. The largest absolute Gasteiger partial charge is 0.351 e. The SMILES string of the molecule is CS(=O)(=O)N(CC(=O)NCC1=CCCCC1)c1ccc(C23CC4CC(CC(C4)C2)C3)cc1. The summed E-state index contributed by atoms with van der Waals surface area (Å²) in [6.07, 6.45) is 15.9. The number of carbonyl (C=O) groups is 1. The zero-order chi connectivity index (χ0) is 22.3. The molecule has 0 unspecified atom stereocenters. The van der Waals surface area contributed by atoms with E-state index in [-0.39, 0.29) is 17.9 Å². The summed E-state index contributed by atoms with van der Waals surface area (Å²) < 4.78 is 26.3. The van der Waals surface area contributed by atoms with E-state index in [9.17, 15) is 13.2 Å². The third-order valence-corrected chi connectivity index (χ3v) is 9.53. The molecule has 0 saturated heterocycles. The highest BCUT2D eigenvalue weighted by molar-refractivity contribution is 7.92. The Labute approximate surface area is 192 Å². The van der Waals surface area contributed by atoms with Crippen LogP contribution in [0.15, 0.2) is 35.9 Å². The smallest absolute Gasteiger partial charge is 0.241 e. The molecule has 1 aromatic rings. The van der Waals surface area contributed by atoms with Crippen molar-refractivity contribution in [3.8, 4) is 0 Å². The van der Waals surface area contributed by atoms with Crippen LogP contribution in [0.5, 0.6) is 0 Å². The van der Waals surface area contributed by atoms with Gasteiger partial charge in [-0.3, -0.25) is 9.10 Å². The Kier molecular flexibility index (Phi) is 5.85. The van der Waals surface area contributed by atoms with Crippen LogP contribution in [0, 0.1) is 17.8 Å². The molecular formula is C26H36N2O3S. The van der Waals surface area contributed by atoms with Crippen molar-refractivity contribution in [3.63, 3.8) is 0 Å². The Balaban J connectivity index is 1.29. The third kappa shape index (κ3) is 4.48. The van der Waals surface area contributed by atoms with E-state index in [1.165, 1.54) is 66.6 Å². The number of carbonyl (C=O) groups excluding carboxylic acids is 1. The van der Waals surface area contributed by atoms with E-state index >= 15 is 0 Å². The lowest BCUT2D eigenvalue weighted by Crippen LogP contribution is -2.48. The van der Waals surface area contributed by atoms with Crippen LogP contribution in [-0.2, 0) is 20.2 Å². The van der Waals surface area contributed by atoms with Crippen LogP contribution in [0.3, 0.4) is 0 Å². The van der Waals surface area contributed by atoms with Gasteiger partial charge >= 0.3 is 0 Å². The van der Waals surface area contributed by atoms with Gasteiger partial charge < -0.3 is 5.32 Å². The first-order chi connectivity index (χ1) is 15.3. The van der Waals surface area contributed by atoms with Gasteiger partial charge in [-0.05, 0) is 105 Å². The normalized spacial score (nSPS) is 31.3. The summed E-state index contributed by atoms with van der Waals surface area (Å²) in [5.74, 6) is 2.36. The van der Waals surface area contributed by atoms with Gasteiger partial charge in [-0.15, -0.1) is 0 Å². The van der Waals surface area contributed by atoms with Crippen molar-refractivity contribution in [3.05, 3.63) is 41.5 Å². The number of amides is 1. The minimum atomic E-state index is -3.56. The minimum Gasteiger partial charge on any atom is -0.351 e. The minimum absolute atomic E-state index is 0.178. The number of hydrogen-bond acceptors (Lipinski definition) is 3. The summed E-state index contributed by atoms with van der Waals surface area (Å²) in [6.45, 7) is 0.338. The van der Waals surface area contributed by atoms with E-state index < -0.39 is 10.0 Å². The average Bonchev–Trinajstić information content (AvgIpc) is 2.75. The lowest BCUT2D eigenvalue weighted by atomic mass is 9.48. The summed E-state index contributed by atoms with van der Waals surface area (Å²) >= 11 is 0. The summed E-state index contributed by atoms with van der Waals surface area (Å²) in [5.41, 5.74) is 3.47. The molecule has 6 heteroatoms. The number of benzene rings is 1. The molecule has 32 heavy (non-hydrogen) atoms. The van der Waals surface area contributed by atoms with Crippen molar-refractivity contribution in [2.45, 2.75) is 69.6 Å². The average molecular weight is 457 g/mol. The van der Waals surface area contributed by atoms with Crippen molar-refractivity contribution in [1.29, 1.82) is 0 Å². The van der Waals surface area contributed by atoms with Gasteiger partial charge in [-0.1, -0.05) is 23.8 Å². The molecule has 5 nitrogen and oxygen atoms in total. The maximum atomic E-state index is 12.6. The predicted molar refractivity (Wildman–Crippen MR) is 128 cm³/mol. The molecule has 4 fully saturated rings. The monoisotopic (exact) mass is 456 g/mol. The maximum Gasteiger partial charge on any atom is 0.241 e. The number of hydrogen-bond donors (Lipinski definition) is 1. The van der Waals surface area contributed by atoms with Crippen molar-refractivity contribution >= 4 is 21.6 Å². The van der Waals surface area contributed by atoms with Gasteiger partial charge in [0.15, 0.2) is 0 Å². The first-order valence-corrected chi connectivity index (χ1v) is 14.2. The number of nitrogens with zero attached hydrogens (tertiary/aromatic N) is 1. The van der Waals surface area contributed by atoms with Crippen LogP contribution in [0.4, 0.5) is 5.69 Å². The van der Waals surface area contributed by atoms with Crippen LogP contribution in [0.25, 0.3) is 0 Å². The molecule has 1 amide bonds.